The predicted molar refractivity (Wildman–Crippen MR) is 90.9 cm³/mol. The van der Waals surface area contributed by atoms with Crippen molar-refractivity contribution < 1.29 is 22.7 Å². The van der Waals surface area contributed by atoms with E-state index in [1.54, 1.807) is 14.0 Å². The van der Waals surface area contributed by atoms with Gasteiger partial charge in [0.25, 0.3) is 0 Å². The zero-order valence-corrected chi connectivity index (χ0v) is 15.2. The first-order valence-electron chi connectivity index (χ1n) is 8.95. The summed E-state index contributed by atoms with van der Waals surface area (Å²) < 4.78 is 45.7. The zero-order chi connectivity index (χ0) is 18.9. The molecule has 7 heteroatoms. The third kappa shape index (κ3) is 3.74. The van der Waals surface area contributed by atoms with Crippen LogP contribution in [0.25, 0.3) is 0 Å². The molecule has 2 aliphatic heterocycles. The van der Waals surface area contributed by atoms with Crippen LogP contribution in [0, 0.1) is 28.8 Å². The molecule has 0 bridgehead atoms. The molecule has 1 aromatic carbocycles. The largest absolute Gasteiger partial charge is 0.384 e. The van der Waals surface area contributed by atoms with Crippen molar-refractivity contribution in [2.24, 2.45) is 11.3 Å². The highest BCUT2D eigenvalue weighted by Gasteiger charge is 2.48. The van der Waals surface area contributed by atoms with Gasteiger partial charge in [0.15, 0.2) is 11.6 Å². The summed E-state index contributed by atoms with van der Waals surface area (Å²) in [6.07, 6.45) is 1.74. The van der Waals surface area contributed by atoms with Gasteiger partial charge in [0.2, 0.25) is 5.91 Å². The molecule has 1 atom stereocenters. The highest BCUT2D eigenvalue weighted by molar-refractivity contribution is 5.73. The van der Waals surface area contributed by atoms with Crippen molar-refractivity contribution >= 4 is 5.91 Å². The van der Waals surface area contributed by atoms with Crippen LogP contribution in [0.5, 0.6) is 0 Å². The Morgan fingerprint density at radius 1 is 1.19 bits per heavy atom. The first-order valence-corrected chi connectivity index (χ1v) is 8.95. The minimum absolute atomic E-state index is 0.0186. The lowest BCUT2D eigenvalue weighted by atomic mass is 9.71. The summed E-state index contributed by atoms with van der Waals surface area (Å²) in [6.45, 7) is 5.34. The fraction of sp³-hybridized carbons (Fsp3) is 0.632. The number of likely N-dealkylation sites (tertiary alicyclic amines) is 2. The molecule has 4 nitrogen and oxygen atoms in total. The summed E-state index contributed by atoms with van der Waals surface area (Å²) in [6, 6.07) is 1.54. The number of hydrogen-bond acceptors (Lipinski definition) is 3. The van der Waals surface area contributed by atoms with Crippen molar-refractivity contribution in [3.8, 4) is 0 Å². The van der Waals surface area contributed by atoms with Crippen LogP contribution in [0.3, 0.4) is 0 Å². The number of carbonyl (C=O) groups is 1. The van der Waals surface area contributed by atoms with Crippen LogP contribution >= 0.6 is 0 Å². The number of carbonyl (C=O) groups excluding carboxylic acids is 1. The highest BCUT2D eigenvalue weighted by atomic mass is 19.2. The molecule has 1 spiro atoms. The minimum Gasteiger partial charge on any atom is -0.384 e. The molecular weight excluding hydrogens is 345 g/mol. The summed E-state index contributed by atoms with van der Waals surface area (Å²) in [5, 5.41) is 0. The van der Waals surface area contributed by atoms with E-state index in [2.05, 4.69) is 4.90 Å². The topological polar surface area (TPSA) is 32.8 Å². The first-order chi connectivity index (χ1) is 12.3. The number of amides is 1. The summed E-state index contributed by atoms with van der Waals surface area (Å²) in [7, 11) is 1.67. The molecule has 26 heavy (non-hydrogen) atoms. The Kier molecular flexibility index (Phi) is 5.58. The van der Waals surface area contributed by atoms with Crippen LogP contribution in [-0.2, 0) is 16.1 Å². The Morgan fingerprint density at radius 2 is 1.85 bits per heavy atom. The molecule has 2 heterocycles. The van der Waals surface area contributed by atoms with Gasteiger partial charge in [0, 0.05) is 51.2 Å². The van der Waals surface area contributed by atoms with Gasteiger partial charge in [-0.2, -0.15) is 0 Å². The number of methoxy groups -OCH3 is 1. The van der Waals surface area contributed by atoms with Crippen LogP contribution in [0.2, 0.25) is 0 Å². The Labute approximate surface area is 151 Å². The summed E-state index contributed by atoms with van der Waals surface area (Å²) >= 11 is 0. The average Bonchev–Trinajstić information content (AvgIpc) is 2.94. The van der Waals surface area contributed by atoms with Gasteiger partial charge < -0.3 is 9.64 Å². The maximum Gasteiger partial charge on any atom is 0.219 e. The third-order valence-corrected chi connectivity index (χ3v) is 5.96. The van der Waals surface area contributed by atoms with Gasteiger partial charge in [-0.05, 0) is 37.4 Å². The molecule has 0 aliphatic carbocycles. The van der Waals surface area contributed by atoms with Crippen molar-refractivity contribution in [1.29, 1.82) is 0 Å². The molecule has 3 rings (SSSR count). The van der Waals surface area contributed by atoms with Crippen LogP contribution in [0.1, 0.15) is 25.3 Å². The van der Waals surface area contributed by atoms with Crippen molar-refractivity contribution in [3.63, 3.8) is 0 Å². The van der Waals surface area contributed by atoms with E-state index in [9.17, 15) is 18.0 Å². The Bertz CT molecular complexity index is 675. The monoisotopic (exact) mass is 370 g/mol. The summed E-state index contributed by atoms with van der Waals surface area (Å²) in [5.41, 5.74) is 0.190. The van der Waals surface area contributed by atoms with E-state index in [1.807, 2.05) is 4.90 Å². The number of rotatable bonds is 4. The van der Waals surface area contributed by atoms with Crippen LogP contribution in [-0.4, -0.2) is 55.6 Å². The van der Waals surface area contributed by atoms with E-state index in [4.69, 9.17) is 4.74 Å². The lowest BCUT2D eigenvalue weighted by Gasteiger charge is -2.42. The van der Waals surface area contributed by atoms with Gasteiger partial charge >= 0.3 is 0 Å². The van der Waals surface area contributed by atoms with Crippen molar-refractivity contribution in [2.75, 3.05) is 39.9 Å². The third-order valence-electron chi connectivity index (χ3n) is 5.96. The van der Waals surface area contributed by atoms with Crippen LogP contribution < -0.4 is 0 Å². The van der Waals surface area contributed by atoms with Gasteiger partial charge in [-0.25, -0.2) is 13.2 Å². The second kappa shape index (κ2) is 7.56. The van der Waals surface area contributed by atoms with E-state index in [0.29, 0.717) is 25.1 Å². The number of piperidine rings is 1. The van der Waals surface area contributed by atoms with E-state index in [1.165, 1.54) is 0 Å². The van der Waals surface area contributed by atoms with Gasteiger partial charge in [-0.3, -0.25) is 9.69 Å². The van der Waals surface area contributed by atoms with E-state index < -0.39 is 17.5 Å². The smallest absolute Gasteiger partial charge is 0.219 e. The first kappa shape index (κ1) is 19.2. The normalized spacial score (nSPS) is 23.0. The molecule has 2 fully saturated rings. The van der Waals surface area contributed by atoms with Crippen molar-refractivity contribution in [1.82, 2.24) is 9.80 Å². The van der Waals surface area contributed by atoms with E-state index in [-0.39, 0.29) is 23.4 Å². The summed E-state index contributed by atoms with van der Waals surface area (Å²) in [5.74, 6) is -2.54. The van der Waals surface area contributed by atoms with Crippen molar-refractivity contribution in [2.45, 2.75) is 26.3 Å². The quantitative estimate of drug-likeness (QED) is 0.764. The molecule has 1 aromatic rings. The van der Waals surface area contributed by atoms with Crippen LogP contribution in [0.15, 0.2) is 12.1 Å². The second-order valence-corrected chi connectivity index (χ2v) is 7.55. The Balaban J connectivity index is 1.66. The lowest BCUT2D eigenvalue weighted by molar-refractivity contribution is -0.128. The SMILES string of the molecule is COCC1CN(C(C)=O)CC12CCN(Cc1cc(F)c(F)cc1F)CC2. The number of benzene rings is 1. The number of ether oxygens (including phenoxy) is 1. The van der Waals surface area contributed by atoms with Gasteiger partial charge in [-0.15, -0.1) is 0 Å². The van der Waals surface area contributed by atoms with Crippen molar-refractivity contribution in [3.05, 3.63) is 35.1 Å². The van der Waals surface area contributed by atoms with Crippen LogP contribution in [0.4, 0.5) is 13.2 Å². The lowest BCUT2D eigenvalue weighted by Crippen LogP contribution is -2.45. The minimum atomic E-state index is -1.17. The molecule has 0 N–H and O–H groups in total. The molecule has 0 saturated carbocycles. The van der Waals surface area contributed by atoms with Gasteiger partial charge in [-0.1, -0.05) is 0 Å². The van der Waals surface area contributed by atoms with Gasteiger partial charge in [0.05, 0.1) is 6.61 Å². The second-order valence-electron chi connectivity index (χ2n) is 7.55. The zero-order valence-electron chi connectivity index (χ0n) is 15.2. The fourth-order valence-corrected chi connectivity index (χ4v) is 4.35. The van der Waals surface area contributed by atoms with Gasteiger partial charge in [0.1, 0.15) is 5.82 Å². The molecule has 1 unspecified atom stereocenters. The Hall–Kier alpha value is -1.60. The highest BCUT2D eigenvalue weighted by Crippen LogP contribution is 2.45. The molecule has 0 aromatic heterocycles. The molecule has 0 radical (unpaired) electrons. The number of halogens is 3. The molecule has 2 saturated heterocycles. The maximum atomic E-state index is 13.9. The maximum absolute atomic E-state index is 13.9. The molecule has 144 valence electrons. The predicted octanol–water partition coefficient (Wildman–Crippen LogP) is 2.81. The molecule has 1 amide bonds. The standard InChI is InChI=1S/C19H25F3N2O2/c1-13(25)24-10-15(11-26-2)19(12-24)3-5-23(6-4-19)9-14-7-17(21)18(22)8-16(14)20/h7-8,15H,3-6,9-12H2,1-2H3. The molecule has 2 aliphatic rings. The fourth-order valence-electron chi connectivity index (χ4n) is 4.35. The number of hydrogen-bond donors (Lipinski definition) is 0. The molecular formula is C19H25F3N2O2. The van der Waals surface area contributed by atoms with E-state index >= 15 is 0 Å². The van der Waals surface area contributed by atoms with E-state index in [0.717, 1.165) is 38.5 Å². The Morgan fingerprint density at radius 3 is 2.46 bits per heavy atom. The summed E-state index contributed by atoms with van der Waals surface area (Å²) in [4.78, 5) is 15.7. The average molecular weight is 370 g/mol. The number of nitrogens with zero attached hydrogens (tertiary/aromatic N) is 2.